The molecule has 5 nitrogen and oxygen atoms in total. The van der Waals surface area contributed by atoms with Crippen LogP contribution in [-0.4, -0.2) is 59.4 Å². The normalized spacial score (nSPS) is 23.8. The van der Waals surface area contributed by atoms with Crippen LogP contribution in [0.4, 0.5) is 5.69 Å². The smallest absolute Gasteiger partial charge is 0.246 e. The van der Waals surface area contributed by atoms with Gasteiger partial charge >= 0.3 is 0 Å². The highest BCUT2D eigenvalue weighted by Gasteiger charge is 2.39. The molecule has 2 saturated heterocycles. The van der Waals surface area contributed by atoms with Gasteiger partial charge in [-0.1, -0.05) is 12.1 Å². The summed E-state index contributed by atoms with van der Waals surface area (Å²) in [6, 6.07) is 8.07. The van der Waals surface area contributed by atoms with E-state index in [1.54, 1.807) is 11.8 Å². The van der Waals surface area contributed by atoms with Crippen LogP contribution in [0.25, 0.3) is 0 Å². The maximum absolute atomic E-state index is 12.7. The lowest BCUT2D eigenvalue weighted by Gasteiger charge is -2.40. The summed E-state index contributed by atoms with van der Waals surface area (Å²) in [6.07, 6.45) is 0. The molecule has 3 rings (SSSR count). The van der Waals surface area contributed by atoms with E-state index >= 15 is 0 Å². The number of rotatable bonds is 2. The Kier molecular flexibility index (Phi) is 4.76. The molecule has 1 N–H and O–H groups in total. The van der Waals surface area contributed by atoms with Gasteiger partial charge in [-0.3, -0.25) is 9.59 Å². The van der Waals surface area contributed by atoms with Crippen molar-refractivity contribution in [3.8, 4) is 0 Å². The van der Waals surface area contributed by atoms with Gasteiger partial charge in [-0.2, -0.15) is 0 Å². The minimum Gasteiger partial charge on any atom is -0.368 e. The van der Waals surface area contributed by atoms with Gasteiger partial charge in [0.15, 0.2) is 0 Å². The van der Waals surface area contributed by atoms with E-state index in [4.69, 9.17) is 0 Å². The molecule has 0 bridgehead atoms. The molecule has 0 radical (unpaired) electrons. The van der Waals surface area contributed by atoms with Crippen LogP contribution >= 0.6 is 11.8 Å². The predicted octanol–water partition coefficient (Wildman–Crippen LogP) is 1.65. The van der Waals surface area contributed by atoms with Crippen LogP contribution < -0.4 is 10.2 Å². The van der Waals surface area contributed by atoms with Gasteiger partial charge in [0, 0.05) is 37.6 Å². The molecule has 1 aromatic carbocycles. The van der Waals surface area contributed by atoms with Gasteiger partial charge < -0.3 is 15.1 Å². The van der Waals surface area contributed by atoms with Gasteiger partial charge in [0.2, 0.25) is 11.8 Å². The molecule has 2 amide bonds. The summed E-state index contributed by atoms with van der Waals surface area (Å²) >= 11 is 1.56. The maximum Gasteiger partial charge on any atom is 0.246 e. The largest absolute Gasteiger partial charge is 0.368 e. The van der Waals surface area contributed by atoms with Crippen molar-refractivity contribution in [3.05, 3.63) is 29.8 Å². The van der Waals surface area contributed by atoms with Crippen molar-refractivity contribution in [1.29, 1.82) is 0 Å². The first-order chi connectivity index (χ1) is 11.4. The number of carbonyl (C=O) groups excluding carboxylic acids is 2. The monoisotopic (exact) mass is 347 g/mol. The fourth-order valence-corrected chi connectivity index (χ4v) is 4.09. The number of thioether (sulfide) groups is 1. The van der Waals surface area contributed by atoms with Crippen LogP contribution in [0.2, 0.25) is 0 Å². The molecule has 0 spiro atoms. The number of aryl methyl sites for hydroxylation is 1. The molecule has 1 aromatic rings. The molecule has 0 saturated carbocycles. The molecule has 24 heavy (non-hydrogen) atoms. The van der Waals surface area contributed by atoms with E-state index in [1.165, 1.54) is 11.3 Å². The third-order valence-corrected chi connectivity index (χ3v) is 6.13. The quantitative estimate of drug-likeness (QED) is 0.884. The van der Waals surface area contributed by atoms with Gasteiger partial charge in [-0.15, -0.1) is 11.8 Å². The number of piperazine rings is 1. The van der Waals surface area contributed by atoms with Crippen molar-refractivity contribution < 1.29 is 9.59 Å². The molecular weight excluding hydrogens is 322 g/mol. The van der Waals surface area contributed by atoms with Gasteiger partial charge in [0.05, 0.1) is 4.75 Å². The second-order valence-corrected chi connectivity index (χ2v) is 8.64. The van der Waals surface area contributed by atoms with Crippen LogP contribution in [0.1, 0.15) is 19.4 Å². The average Bonchev–Trinajstić information content (AvgIpc) is 2.57. The molecular formula is C18H25N3O2S. The molecule has 130 valence electrons. The summed E-state index contributed by atoms with van der Waals surface area (Å²) in [5.41, 5.74) is 2.46. The highest BCUT2D eigenvalue weighted by atomic mass is 32.2. The molecule has 0 aromatic heterocycles. The van der Waals surface area contributed by atoms with Crippen molar-refractivity contribution in [2.24, 2.45) is 0 Å². The number of nitrogens with zero attached hydrogens (tertiary/aromatic N) is 2. The molecule has 2 heterocycles. The molecule has 6 heteroatoms. The standard InChI is InChI=1S/C18H25N3O2S/c1-13-5-4-6-14(11-13)20-7-9-21(10-8-20)16(22)15-12-24-18(2,3)17(23)19-15/h4-6,11,15H,7-10,12H2,1-3H3,(H,19,23)/t15-/m0/s1. The van der Waals surface area contributed by atoms with Crippen LogP contribution in [0.3, 0.4) is 0 Å². The zero-order chi connectivity index (χ0) is 17.3. The Morgan fingerprint density at radius 3 is 2.58 bits per heavy atom. The first-order valence-electron chi connectivity index (χ1n) is 8.42. The third-order valence-electron chi connectivity index (χ3n) is 4.72. The molecule has 2 aliphatic rings. The summed E-state index contributed by atoms with van der Waals surface area (Å²) in [5.74, 6) is 0.654. The molecule has 2 aliphatic heterocycles. The minimum absolute atomic E-state index is 0.0458. The topological polar surface area (TPSA) is 52.7 Å². The van der Waals surface area contributed by atoms with Crippen molar-refractivity contribution >= 4 is 29.3 Å². The minimum atomic E-state index is -0.444. The summed E-state index contributed by atoms with van der Waals surface area (Å²) in [4.78, 5) is 29.0. The van der Waals surface area contributed by atoms with E-state index in [1.807, 2.05) is 18.7 Å². The number of nitrogens with one attached hydrogen (secondary N) is 1. The van der Waals surface area contributed by atoms with Crippen molar-refractivity contribution in [1.82, 2.24) is 10.2 Å². The van der Waals surface area contributed by atoms with Crippen molar-refractivity contribution in [2.45, 2.75) is 31.6 Å². The van der Waals surface area contributed by atoms with Crippen LogP contribution in [0.5, 0.6) is 0 Å². The van der Waals surface area contributed by atoms with Crippen LogP contribution in [-0.2, 0) is 9.59 Å². The van der Waals surface area contributed by atoms with E-state index in [2.05, 4.69) is 41.4 Å². The van der Waals surface area contributed by atoms with E-state index in [9.17, 15) is 9.59 Å². The van der Waals surface area contributed by atoms with Gasteiger partial charge in [-0.05, 0) is 38.5 Å². The SMILES string of the molecule is Cc1cccc(N2CCN(C(=O)[C@@H]3CSC(C)(C)C(=O)N3)CC2)c1. The molecule has 0 aliphatic carbocycles. The van der Waals surface area contributed by atoms with E-state index in [0.717, 1.165) is 13.1 Å². The van der Waals surface area contributed by atoms with Gasteiger partial charge in [0.1, 0.15) is 6.04 Å². The Hall–Kier alpha value is -1.69. The second-order valence-electron chi connectivity index (χ2n) is 7.00. The number of carbonyl (C=O) groups is 2. The zero-order valence-corrected chi connectivity index (χ0v) is 15.4. The number of amides is 2. The zero-order valence-electron chi connectivity index (χ0n) is 14.5. The fraction of sp³-hybridized carbons (Fsp3) is 0.556. The second kappa shape index (κ2) is 6.67. The van der Waals surface area contributed by atoms with E-state index in [-0.39, 0.29) is 17.9 Å². The van der Waals surface area contributed by atoms with E-state index < -0.39 is 4.75 Å². The van der Waals surface area contributed by atoms with E-state index in [0.29, 0.717) is 18.8 Å². The lowest BCUT2D eigenvalue weighted by atomic mass is 10.1. The lowest BCUT2D eigenvalue weighted by molar-refractivity contribution is -0.136. The summed E-state index contributed by atoms with van der Waals surface area (Å²) in [6.45, 7) is 8.94. The molecule has 1 atom stereocenters. The number of hydrogen-bond donors (Lipinski definition) is 1. The molecule has 2 fully saturated rings. The Morgan fingerprint density at radius 2 is 1.96 bits per heavy atom. The third kappa shape index (κ3) is 3.53. The number of anilines is 1. The maximum atomic E-state index is 12.7. The molecule has 0 unspecified atom stereocenters. The number of benzene rings is 1. The summed E-state index contributed by atoms with van der Waals surface area (Å²) in [5, 5.41) is 2.89. The first kappa shape index (κ1) is 17.1. The Labute approximate surface area is 147 Å². The van der Waals surface area contributed by atoms with Gasteiger partial charge in [-0.25, -0.2) is 0 Å². The Bertz CT molecular complexity index is 639. The van der Waals surface area contributed by atoms with Crippen molar-refractivity contribution in [2.75, 3.05) is 36.8 Å². The first-order valence-corrected chi connectivity index (χ1v) is 9.41. The highest BCUT2D eigenvalue weighted by Crippen LogP contribution is 2.29. The Balaban J connectivity index is 1.57. The predicted molar refractivity (Wildman–Crippen MR) is 98.4 cm³/mol. The summed E-state index contributed by atoms with van der Waals surface area (Å²) < 4.78 is -0.444. The highest BCUT2D eigenvalue weighted by molar-refractivity contribution is 8.01. The Morgan fingerprint density at radius 1 is 1.25 bits per heavy atom. The number of hydrogen-bond acceptors (Lipinski definition) is 4. The van der Waals surface area contributed by atoms with Crippen molar-refractivity contribution in [3.63, 3.8) is 0 Å². The fourth-order valence-electron chi connectivity index (χ4n) is 3.09. The lowest BCUT2D eigenvalue weighted by Crippen LogP contribution is -2.60. The average molecular weight is 347 g/mol. The van der Waals surface area contributed by atoms with Gasteiger partial charge in [0.25, 0.3) is 0 Å². The van der Waals surface area contributed by atoms with Crippen LogP contribution in [0, 0.1) is 6.92 Å². The van der Waals surface area contributed by atoms with Crippen LogP contribution in [0.15, 0.2) is 24.3 Å². The summed E-state index contributed by atoms with van der Waals surface area (Å²) in [7, 11) is 0.